The van der Waals surface area contributed by atoms with Crippen molar-refractivity contribution in [1.82, 2.24) is 5.32 Å². The molecule has 0 saturated heterocycles. The van der Waals surface area contributed by atoms with E-state index in [0.717, 1.165) is 12.5 Å². The largest absolute Gasteiger partial charge is 0.370 e. The van der Waals surface area contributed by atoms with Gasteiger partial charge in [0.05, 0.1) is 11.7 Å². The lowest BCUT2D eigenvalue weighted by Crippen LogP contribution is -2.48. The molecule has 2 aliphatic carbocycles. The van der Waals surface area contributed by atoms with Crippen LogP contribution in [-0.2, 0) is 4.74 Å². The van der Waals surface area contributed by atoms with Crippen LogP contribution in [0.3, 0.4) is 0 Å². The third-order valence-corrected chi connectivity index (χ3v) is 5.80. The molecule has 2 aliphatic rings. The number of likely N-dealkylation sites (N-methyl/N-ethyl adjacent to an activating group) is 1. The van der Waals surface area contributed by atoms with Crippen LogP contribution in [0.5, 0.6) is 0 Å². The summed E-state index contributed by atoms with van der Waals surface area (Å²) >= 11 is 0. The number of hydrogen-bond donors (Lipinski definition) is 1. The average molecular weight is 281 g/mol. The minimum absolute atomic E-state index is 0.132. The summed E-state index contributed by atoms with van der Waals surface area (Å²) in [5, 5.41) is 3.39. The van der Waals surface area contributed by atoms with Crippen molar-refractivity contribution in [2.24, 2.45) is 11.3 Å². The molecule has 0 aromatic rings. The highest BCUT2D eigenvalue weighted by molar-refractivity contribution is 4.91. The second-order valence-corrected chi connectivity index (χ2v) is 8.05. The molecule has 118 valence electrons. The first kappa shape index (κ1) is 16.3. The summed E-state index contributed by atoms with van der Waals surface area (Å²) in [6.07, 6.45) is 12.2. The first-order valence-electron chi connectivity index (χ1n) is 8.81. The topological polar surface area (TPSA) is 21.3 Å². The Balaban J connectivity index is 1.89. The molecule has 20 heavy (non-hydrogen) atoms. The van der Waals surface area contributed by atoms with Gasteiger partial charge in [-0.25, -0.2) is 0 Å². The lowest BCUT2D eigenvalue weighted by Gasteiger charge is -2.44. The van der Waals surface area contributed by atoms with Crippen LogP contribution in [0.15, 0.2) is 0 Å². The summed E-state index contributed by atoms with van der Waals surface area (Å²) in [7, 11) is 2.07. The molecule has 0 radical (unpaired) electrons. The third kappa shape index (κ3) is 4.21. The molecule has 0 bridgehead atoms. The van der Waals surface area contributed by atoms with Crippen molar-refractivity contribution in [3.63, 3.8) is 0 Å². The van der Waals surface area contributed by atoms with Gasteiger partial charge in [0, 0.05) is 6.54 Å². The maximum absolute atomic E-state index is 6.68. The van der Waals surface area contributed by atoms with Crippen molar-refractivity contribution in [3.8, 4) is 0 Å². The van der Waals surface area contributed by atoms with Crippen molar-refractivity contribution in [2.75, 3.05) is 13.6 Å². The van der Waals surface area contributed by atoms with Gasteiger partial charge in [-0.1, -0.05) is 27.2 Å². The highest BCUT2D eigenvalue weighted by Gasteiger charge is 2.39. The lowest BCUT2D eigenvalue weighted by molar-refractivity contribution is -0.133. The van der Waals surface area contributed by atoms with Crippen molar-refractivity contribution in [3.05, 3.63) is 0 Å². The van der Waals surface area contributed by atoms with Gasteiger partial charge in [-0.15, -0.1) is 0 Å². The quantitative estimate of drug-likeness (QED) is 0.799. The van der Waals surface area contributed by atoms with Gasteiger partial charge in [-0.2, -0.15) is 0 Å². The summed E-state index contributed by atoms with van der Waals surface area (Å²) in [5.41, 5.74) is 0.669. The second kappa shape index (κ2) is 6.79. The summed E-state index contributed by atoms with van der Waals surface area (Å²) in [5.74, 6) is 0.939. The van der Waals surface area contributed by atoms with Crippen molar-refractivity contribution < 1.29 is 4.74 Å². The van der Waals surface area contributed by atoms with E-state index in [2.05, 4.69) is 33.1 Å². The maximum atomic E-state index is 6.68. The first-order valence-corrected chi connectivity index (χ1v) is 8.81. The molecule has 0 spiro atoms. The van der Waals surface area contributed by atoms with Crippen LogP contribution >= 0.6 is 0 Å². The number of ether oxygens (including phenoxy) is 1. The Morgan fingerprint density at radius 3 is 2.10 bits per heavy atom. The maximum Gasteiger partial charge on any atom is 0.0810 e. The van der Waals surface area contributed by atoms with Gasteiger partial charge in [0.25, 0.3) is 0 Å². The van der Waals surface area contributed by atoms with Crippen LogP contribution in [-0.4, -0.2) is 25.3 Å². The predicted octanol–water partition coefficient (Wildman–Crippen LogP) is 4.53. The fourth-order valence-electron chi connectivity index (χ4n) is 4.11. The Morgan fingerprint density at radius 2 is 1.60 bits per heavy atom. The molecule has 0 unspecified atom stereocenters. The standard InChI is InChI=1S/C18H35NO/c1-5-15-6-12-18(13-7-15,14-19-4)20-16-8-10-17(2,3)11-9-16/h15-16,19H,5-14H2,1-4H3. The fraction of sp³-hybridized carbons (Fsp3) is 1.00. The van der Waals surface area contributed by atoms with Crippen molar-refractivity contribution in [2.45, 2.75) is 90.3 Å². The Labute approximate surface area is 126 Å². The van der Waals surface area contributed by atoms with Gasteiger partial charge >= 0.3 is 0 Å². The van der Waals surface area contributed by atoms with Gasteiger partial charge in [-0.3, -0.25) is 0 Å². The zero-order valence-electron chi connectivity index (χ0n) is 14.1. The van der Waals surface area contributed by atoms with E-state index in [9.17, 15) is 0 Å². The van der Waals surface area contributed by atoms with Crippen LogP contribution in [0.2, 0.25) is 0 Å². The van der Waals surface area contributed by atoms with Gasteiger partial charge in [-0.05, 0) is 69.7 Å². The molecular formula is C18H35NO. The SMILES string of the molecule is CCC1CCC(CNC)(OC2CCC(C)(C)CC2)CC1. The van der Waals surface area contributed by atoms with Gasteiger partial charge in [0.1, 0.15) is 0 Å². The van der Waals surface area contributed by atoms with Crippen LogP contribution in [0.1, 0.15) is 78.6 Å². The molecule has 2 nitrogen and oxygen atoms in total. The molecule has 0 atom stereocenters. The van der Waals surface area contributed by atoms with E-state index in [1.54, 1.807) is 0 Å². The molecule has 2 rings (SSSR count). The van der Waals surface area contributed by atoms with E-state index in [4.69, 9.17) is 4.74 Å². The zero-order valence-corrected chi connectivity index (χ0v) is 14.1. The smallest absolute Gasteiger partial charge is 0.0810 e. The van der Waals surface area contributed by atoms with Crippen LogP contribution in [0, 0.1) is 11.3 Å². The number of nitrogens with one attached hydrogen (secondary N) is 1. The molecule has 0 aromatic carbocycles. The number of hydrogen-bond acceptors (Lipinski definition) is 2. The molecular weight excluding hydrogens is 246 g/mol. The molecule has 0 aliphatic heterocycles. The minimum Gasteiger partial charge on any atom is -0.370 e. The van der Waals surface area contributed by atoms with E-state index in [-0.39, 0.29) is 5.60 Å². The predicted molar refractivity (Wildman–Crippen MR) is 86.0 cm³/mol. The molecule has 2 saturated carbocycles. The summed E-state index contributed by atoms with van der Waals surface area (Å²) in [4.78, 5) is 0. The molecule has 1 N–H and O–H groups in total. The normalized spacial score (nSPS) is 35.1. The second-order valence-electron chi connectivity index (χ2n) is 8.05. The fourth-order valence-corrected chi connectivity index (χ4v) is 4.11. The summed E-state index contributed by atoms with van der Waals surface area (Å²) < 4.78 is 6.68. The Morgan fingerprint density at radius 1 is 1.00 bits per heavy atom. The Bertz CT molecular complexity index is 282. The Kier molecular flexibility index (Phi) is 5.53. The Hall–Kier alpha value is -0.0800. The van der Waals surface area contributed by atoms with Gasteiger partial charge in [0.15, 0.2) is 0 Å². The van der Waals surface area contributed by atoms with E-state index < -0.39 is 0 Å². The van der Waals surface area contributed by atoms with E-state index in [0.29, 0.717) is 11.5 Å². The molecule has 2 heteroatoms. The van der Waals surface area contributed by atoms with Crippen LogP contribution in [0.25, 0.3) is 0 Å². The molecule has 0 heterocycles. The monoisotopic (exact) mass is 281 g/mol. The summed E-state index contributed by atoms with van der Waals surface area (Å²) in [6, 6.07) is 0. The third-order valence-electron chi connectivity index (χ3n) is 5.80. The van der Waals surface area contributed by atoms with Crippen LogP contribution < -0.4 is 5.32 Å². The van der Waals surface area contributed by atoms with E-state index >= 15 is 0 Å². The lowest BCUT2D eigenvalue weighted by atomic mass is 9.75. The van der Waals surface area contributed by atoms with Crippen molar-refractivity contribution in [1.29, 1.82) is 0 Å². The molecule has 2 fully saturated rings. The van der Waals surface area contributed by atoms with Gasteiger partial charge in [0.2, 0.25) is 0 Å². The average Bonchev–Trinajstić information content (AvgIpc) is 2.43. The van der Waals surface area contributed by atoms with Crippen molar-refractivity contribution >= 4 is 0 Å². The first-order chi connectivity index (χ1) is 9.49. The highest BCUT2D eigenvalue weighted by Crippen LogP contribution is 2.41. The highest BCUT2D eigenvalue weighted by atomic mass is 16.5. The molecule has 0 amide bonds. The van der Waals surface area contributed by atoms with E-state index in [1.807, 2.05) is 0 Å². The van der Waals surface area contributed by atoms with E-state index in [1.165, 1.54) is 57.8 Å². The molecule has 0 aromatic heterocycles. The zero-order chi connectivity index (χ0) is 14.6. The van der Waals surface area contributed by atoms with Crippen LogP contribution in [0.4, 0.5) is 0 Å². The number of rotatable bonds is 5. The summed E-state index contributed by atoms with van der Waals surface area (Å²) in [6.45, 7) is 8.17. The minimum atomic E-state index is 0.132. The van der Waals surface area contributed by atoms with Gasteiger partial charge < -0.3 is 10.1 Å².